The Bertz CT molecular complexity index is 4710. The number of rotatable bonds is 9. The summed E-state index contributed by atoms with van der Waals surface area (Å²) in [5, 5.41) is 9.53. The molecule has 4 nitrogen and oxygen atoms in total. The van der Waals surface area contributed by atoms with E-state index in [4.69, 9.17) is 0 Å². The minimum absolute atomic E-state index is 0.00751. The third-order valence-electron chi connectivity index (χ3n) is 18.0. The van der Waals surface area contributed by atoms with Gasteiger partial charge >= 0.3 is 0 Å². The number of fused-ring (bicyclic) bond motifs is 8. The molecule has 1 aromatic heterocycles. The van der Waals surface area contributed by atoms with Crippen LogP contribution in [-0.4, -0.2) is 4.57 Å². The molecular formula is C81H72N4. The van der Waals surface area contributed by atoms with Crippen molar-refractivity contribution in [2.75, 3.05) is 14.7 Å². The van der Waals surface area contributed by atoms with E-state index < -0.39 is 5.41 Å². The molecule has 0 fully saturated rings. The molecule has 416 valence electrons. The molecule has 14 rings (SSSR count). The topological polar surface area (TPSA) is 14.7 Å². The predicted molar refractivity (Wildman–Crippen MR) is 363 cm³/mol. The maximum Gasteiger partial charge on any atom is 0.0973 e. The van der Waals surface area contributed by atoms with Gasteiger partial charge in [-0.3, -0.25) is 0 Å². The lowest BCUT2D eigenvalue weighted by atomic mass is 9.74. The Labute approximate surface area is 501 Å². The van der Waals surface area contributed by atoms with E-state index in [9.17, 15) is 0 Å². The van der Waals surface area contributed by atoms with E-state index in [1.54, 1.807) is 0 Å². The highest BCUT2D eigenvalue weighted by atomic mass is 15.2. The molecule has 0 unspecified atom stereocenters. The fraction of sp³-hybridized carbons (Fsp3) is 0.185. The average molecular weight is 1100 g/mol. The molecule has 0 aliphatic carbocycles. The summed E-state index contributed by atoms with van der Waals surface area (Å²) in [6.45, 7) is 25.3. The molecule has 0 saturated carbocycles. The van der Waals surface area contributed by atoms with E-state index in [0.717, 1.165) is 62.3 Å². The summed E-state index contributed by atoms with van der Waals surface area (Å²) in [6, 6.07) is 95.9. The molecular weight excluding hydrogens is 1030 g/mol. The predicted octanol–water partition coefficient (Wildman–Crippen LogP) is 22.8. The number of benzene rings is 11. The standard InChI is InChI=1S/C81H72N4/c1-78(2,3)56-33-39-59(40-34-56)82(72-30-18-24-53-21-12-15-27-65(53)72)62-45-47-75-68(49-62)69-50-64(84(61-43-37-58(38-44-61)80(7,8)9)74-32-20-26-55-23-14-17-29-67(55)74)52-71-77(69)85(75)76-48-46-63(51-70(76)81(71,10)11)83(60-41-35-57(36-42-60)79(4,5)6)73-31-19-25-54-22-13-16-28-66(54)73/h12-35,37-41,43-52H,1-11H3. The van der Waals surface area contributed by atoms with E-state index in [0.29, 0.717) is 0 Å². The zero-order valence-electron chi connectivity index (χ0n) is 50.8. The third kappa shape index (κ3) is 9.08. The second-order valence-electron chi connectivity index (χ2n) is 27.0. The fourth-order valence-electron chi connectivity index (χ4n) is 13.3. The van der Waals surface area contributed by atoms with Crippen LogP contribution >= 0.6 is 0 Å². The summed E-state index contributed by atoms with van der Waals surface area (Å²) in [4.78, 5) is 7.37. The Balaban J connectivity index is 1.06. The van der Waals surface area contributed by atoms with E-state index in [1.807, 2.05) is 0 Å². The monoisotopic (exact) mass is 1100 g/mol. The number of hydrogen-bond acceptors (Lipinski definition) is 3. The van der Waals surface area contributed by atoms with Crippen molar-refractivity contribution in [1.29, 1.82) is 0 Å². The molecule has 0 radical (unpaired) electrons. The van der Waals surface area contributed by atoms with E-state index in [2.05, 4.69) is 344 Å². The van der Waals surface area contributed by atoms with Crippen molar-refractivity contribution < 1.29 is 0 Å². The van der Waals surface area contributed by atoms with Gasteiger partial charge in [-0.05, 0) is 164 Å². The molecule has 1 aliphatic heterocycles. The number of aromatic nitrogens is 1. The maximum absolute atomic E-state index is 3.68. The van der Waals surface area contributed by atoms with Gasteiger partial charge in [0.2, 0.25) is 0 Å². The smallest absolute Gasteiger partial charge is 0.0973 e. The molecule has 1 aliphatic rings. The largest absolute Gasteiger partial charge is 0.310 e. The van der Waals surface area contributed by atoms with Crippen molar-refractivity contribution in [3.63, 3.8) is 0 Å². The van der Waals surface area contributed by atoms with Crippen LogP contribution in [0, 0.1) is 12.1 Å². The van der Waals surface area contributed by atoms with Gasteiger partial charge in [-0.25, -0.2) is 0 Å². The number of anilines is 9. The van der Waals surface area contributed by atoms with E-state index in [1.165, 1.54) is 76.5 Å². The van der Waals surface area contributed by atoms with Crippen molar-refractivity contribution in [3.05, 3.63) is 277 Å². The summed E-state index contributed by atoms with van der Waals surface area (Å²) in [7, 11) is 0. The molecule has 85 heavy (non-hydrogen) atoms. The molecule has 13 aromatic rings. The first-order chi connectivity index (χ1) is 40.8. The lowest BCUT2D eigenvalue weighted by Crippen LogP contribution is -2.27. The first kappa shape index (κ1) is 53.4. The molecule has 0 saturated heterocycles. The van der Waals surface area contributed by atoms with Crippen molar-refractivity contribution in [2.24, 2.45) is 0 Å². The summed E-state index contributed by atoms with van der Waals surface area (Å²) in [6.07, 6.45) is 0. The minimum Gasteiger partial charge on any atom is -0.310 e. The highest BCUT2D eigenvalue weighted by Crippen LogP contribution is 2.54. The van der Waals surface area contributed by atoms with Gasteiger partial charge in [-0.15, -0.1) is 0 Å². The second-order valence-corrected chi connectivity index (χ2v) is 27.0. The van der Waals surface area contributed by atoms with Gasteiger partial charge in [0, 0.05) is 66.3 Å². The highest BCUT2D eigenvalue weighted by Gasteiger charge is 2.38. The van der Waals surface area contributed by atoms with E-state index >= 15 is 0 Å². The Morgan fingerprint density at radius 3 is 1.27 bits per heavy atom. The van der Waals surface area contributed by atoms with Gasteiger partial charge in [0.05, 0.1) is 39.5 Å². The van der Waals surface area contributed by atoms with Crippen molar-refractivity contribution in [3.8, 4) is 5.69 Å². The van der Waals surface area contributed by atoms with Crippen LogP contribution in [0.5, 0.6) is 0 Å². The quantitative estimate of drug-likeness (QED) is 0.143. The van der Waals surface area contributed by atoms with Crippen molar-refractivity contribution >= 4 is 105 Å². The maximum atomic E-state index is 3.68. The van der Waals surface area contributed by atoms with Crippen LogP contribution in [0.2, 0.25) is 0 Å². The molecule has 0 atom stereocenters. The fourth-order valence-corrected chi connectivity index (χ4v) is 13.3. The first-order valence-corrected chi connectivity index (χ1v) is 30.1. The van der Waals surface area contributed by atoms with Crippen LogP contribution in [0.25, 0.3) is 59.8 Å². The van der Waals surface area contributed by atoms with Gasteiger partial charge < -0.3 is 19.3 Å². The van der Waals surface area contributed by atoms with Gasteiger partial charge in [-0.2, -0.15) is 0 Å². The molecule has 0 N–H and O–H groups in total. The lowest BCUT2D eigenvalue weighted by molar-refractivity contribution is 0.590. The molecule has 12 aromatic carbocycles. The normalized spacial score (nSPS) is 13.1. The van der Waals surface area contributed by atoms with Crippen LogP contribution < -0.4 is 14.7 Å². The van der Waals surface area contributed by atoms with Crippen LogP contribution in [0.4, 0.5) is 51.2 Å². The average Bonchev–Trinajstić information content (AvgIpc) is 1.72. The lowest BCUT2D eigenvalue weighted by Gasteiger charge is -2.37. The SMILES string of the molecule is CC(C)(C)c1c#cc(N(c2ccc3c(c2)C(C)(C)c2cc(N(c4ccc(C(C)(C)C)cc4)c4cccc5ccccc45)cc4c5cc(N(c6ccc(C(C)(C)C)cc6)c6cccc7ccccc67)ccc5n-3c24)c2cccc3ccccc23)cc1. The second kappa shape index (κ2) is 19.8. The van der Waals surface area contributed by atoms with Crippen molar-refractivity contribution in [2.45, 2.75) is 97.8 Å². The molecule has 4 heteroatoms. The molecule has 0 spiro atoms. The third-order valence-corrected chi connectivity index (χ3v) is 18.0. The van der Waals surface area contributed by atoms with Crippen LogP contribution in [-0.2, 0) is 21.7 Å². The van der Waals surface area contributed by atoms with Crippen LogP contribution in [0.3, 0.4) is 0 Å². The Morgan fingerprint density at radius 2 is 0.776 bits per heavy atom. The summed E-state index contributed by atoms with van der Waals surface area (Å²) in [5.41, 5.74) is 19.0. The Kier molecular flexibility index (Phi) is 12.4. The zero-order valence-corrected chi connectivity index (χ0v) is 50.8. The zero-order chi connectivity index (χ0) is 58.7. The van der Waals surface area contributed by atoms with Gasteiger partial charge in [0.25, 0.3) is 0 Å². The Morgan fingerprint density at radius 1 is 0.341 bits per heavy atom. The summed E-state index contributed by atoms with van der Waals surface area (Å²) < 4.78 is 2.57. The van der Waals surface area contributed by atoms with E-state index in [-0.39, 0.29) is 16.2 Å². The van der Waals surface area contributed by atoms with Crippen molar-refractivity contribution in [1.82, 2.24) is 4.57 Å². The first-order valence-electron chi connectivity index (χ1n) is 30.1. The molecule has 2 heterocycles. The van der Waals surface area contributed by atoms with Gasteiger partial charge in [0.15, 0.2) is 0 Å². The van der Waals surface area contributed by atoms with Gasteiger partial charge in [0.1, 0.15) is 0 Å². The Hall–Kier alpha value is -9.56. The molecule has 0 bridgehead atoms. The van der Waals surface area contributed by atoms with Gasteiger partial charge in [-0.1, -0.05) is 216 Å². The summed E-state index contributed by atoms with van der Waals surface area (Å²) >= 11 is 0. The van der Waals surface area contributed by atoms with Crippen LogP contribution in [0.15, 0.2) is 237 Å². The highest BCUT2D eigenvalue weighted by molar-refractivity contribution is 6.15. The minimum atomic E-state index is -0.493. The summed E-state index contributed by atoms with van der Waals surface area (Å²) in [5.74, 6) is 0. The number of hydrogen-bond donors (Lipinski definition) is 0. The number of nitrogens with zero attached hydrogens (tertiary/aromatic N) is 4. The van der Waals surface area contributed by atoms with Crippen LogP contribution in [0.1, 0.15) is 104 Å². The molecule has 0 amide bonds.